The zero-order valence-electron chi connectivity index (χ0n) is 4.92. The molecule has 3 nitrogen and oxygen atoms in total. The fourth-order valence-electron chi connectivity index (χ4n) is 0. The van der Waals surface area contributed by atoms with E-state index in [-0.39, 0.29) is 6.61 Å². The summed E-state index contributed by atoms with van der Waals surface area (Å²) < 4.78 is 0. The first-order chi connectivity index (χ1) is 3.68. The van der Waals surface area contributed by atoms with Gasteiger partial charge in [-0.15, -0.1) is 0 Å². The van der Waals surface area contributed by atoms with E-state index in [1.807, 2.05) is 0 Å². The summed E-state index contributed by atoms with van der Waals surface area (Å²) in [6, 6.07) is 0. The van der Waals surface area contributed by atoms with Crippen molar-refractivity contribution in [3.8, 4) is 0 Å². The van der Waals surface area contributed by atoms with Crippen molar-refractivity contribution in [2.45, 2.75) is 6.92 Å². The van der Waals surface area contributed by atoms with E-state index < -0.39 is 5.91 Å². The summed E-state index contributed by atoms with van der Waals surface area (Å²) in [6.07, 6.45) is 1.06. The molecule has 0 aromatic carbocycles. The second kappa shape index (κ2) is 9.48. The van der Waals surface area contributed by atoms with Crippen molar-refractivity contribution >= 4 is 5.91 Å². The summed E-state index contributed by atoms with van der Waals surface area (Å²) in [7, 11) is 0. The highest BCUT2D eigenvalue weighted by atomic mass is 16.2. The van der Waals surface area contributed by atoms with Crippen molar-refractivity contribution < 1.29 is 9.90 Å². The lowest BCUT2D eigenvalue weighted by Crippen LogP contribution is -2.04. The van der Waals surface area contributed by atoms with Crippen LogP contribution in [0.2, 0.25) is 0 Å². The Hall–Kier alpha value is -0.830. The smallest absolute Gasteiger partial charge is 0.240 e. The average Bonchev–Trinajstić information content (AvgIpc) is 1.69. The molecule has 1 amide bonds. The number of hydrogen-bond acceptors (Lipinski definition) is 2. The van der Waals surface area contributed by atoms with Gasteiger partial charge in [-0.2, -0.15) is 0 Å². The van der Waals surface area contributed by atoms with E-state index in [1.54, 1.807) is 6.92 Å². The molecule has 0 aliphatic heterocycles. The van der Waals surface area contributed by atoms with Crippen LogP contribution in [-0.4, -0.2) is 17.6 Å². The van der Waals surface area contributed by atoms with Crippen LogP contribution in [0.4, 0.5) is 0 Å². The lowest BCUT2D eigenvalue weighted by molar-refractivity contribution is -0.113. The third-order valence-corrected chi connectivity index (χ3v) is 0.201. The molecule has 0 saturated carbocycles. The van der Waals surface area contributed by atoms with E-state index in [9.17, 15) is 4.79 Å². The molecule has 0 rings (SSSR count). The minimum Gasteiger partial charge on any atom is -0.397 e. The number of aliphatic hydroxyl groups excluding tert-OH is 1. The molecule has 0 spiro atoms. The summed E-state index contributed by atoms with van der Waals surface area (Å²) in [4.78, 5) is 9.47. The second-order valence-corrected chi connectivity index (χ2v) is 0.923. The van der Waals surface area contributed by atoms with Gasteiger partial charge in [0.25, 0.3) is 0 Å². The maximum absolute atomic E-state index is 9.47. The van der Waals surface area contributed by atoms with Gasteiger partial charge in [0.1, 0.15) is 0 Å². The monoisotopic (exact) mass is 117 g/mol. The fraction of sp³-hybridized carbons (Fsp3) is 0.400. The van der Waals surface area contributed by atoms with Crippen LogP contribution in [0.15, 0.2) is 12.7 Å². The minimum atomic E-state index is -0.481. The van der Waals surface area contributed by atoms with Crippen molar-refractivity contribution in [2.75, 3.05) is 6.61 Å². The predicted octanol–water partition coefficient (Wildman–Crippen LogP) is -0.344. The third-order valence-electron chi connectivity index (χ3n) is 0.201. The van der Waals surface area contributed by atoms with Crippen LogP contribution in [0.1, 0.15) is 6.92 Å². The maximum Gasteiger partial charge on any atom is 0.240 e. The van der Waals surface area contributed by atoms with Crippen LogP contribution in [-0.2, 0) is 4.79 Å². The summed E-state index contributed by atoms with van der Waals surface area (Å²) in [5, 5.41) is 7.57. The first-order valence-corrected chi connectivity index (χ1v) is 2.21. The molecule has 48 valence electrons. The van der Waals surface area contributed by atoms with Gasteiger partial charge < -0.3 is 10.8 Å². The van der Waals surface area contributed by atoms with Crippen molar-refractivity contribution in [1.82, 2.24) is 0 Å². The predicted molar refractivity (Wildman–Crippen MR) is 32.2 cm³/mol. The number of primary amides is 1. The quantitative estimate of drug-likeness (QED) is 0.461. The number of nitrogens with two attached hydrogens (primary N) is 1. The number of rotatable bonds is 1. The van der Waals surface area contributed by atoms with Crippen LogP contribution >= 0.6 is 0 Å². The first kappa shape index (κ1) is 10.2. The van der Waals surface area contributed by atoms with E-state index in [1.165, 1.54) is 0 Å². The lowest BCUT2D eigenvalue weighted by atomic mass is 10.6. The Kier molecular flexibility index (Phi) is 12.1. The second-order valence-electron chi connectivity index (χ2n) is 0.923. The van der Waals surface area contributed by atoms with E-state index in [0.717, 1.165) is 6.08 Å². The van der Waals surface area contributed by atoms with E-state index in [4.69, 9.17) is 5.11 Å². The number of carbonyl (C=O) groups excluding carboxylic acids is 1. The Morgan fingerprint density at radius 3 is 2.12 bits per heavy atom. The van der Waals surface area contributed by atoms with Gasteiger partial charge in [0.05, 0.1) is 0 Å². The van der Waals surface area contributed by atoms with Gasteiger partial charge in [-0.05, 0) is 13.0 Å². The molecule has 0 saturated heterocycles. The van der Waals surface area contributed by atoms with Gasteiger partial charge >= 0.3 is 0 Å². The van der Waals surface area contributed by atoms with Crippen molar-refractivity contribution in [1.29, 1.82) is 0 Å². The summed E-state index contributed by atoms with van der Waals surface area (Å²) in [5.74, 6) is -0.481. The number of carbonyl (C=O) groups is 1. The fourth-order valence-corrected chi connectivity index (χ4v) is 0. The third kappa shape index (κ3) is 65.7. The number of aliphatic hydroxyl groups is 1. The lowest BCUT2D eigenvalue weighted by Gasteiger charge is -1.65. The topological polar surface area (TPSA) is 63.3 Å². The molecule has 0 aromatic heterocycles. The zero-order valence-corrected chi connectivity index (χ0v) is 4.92. The molecule has 0 aliphatic rings. The highest BCUT2D eigenvalue weighted by Crippen LogP contribution is 1.48. The molecule has 0 fully saturated rings. The summed E-state index contributed by atoms with van der Waals surface area (Å²) >= 11 is 0. The van der Waals surface area contributed by atoms with Gasteiger partial charge in [0.15, 0.2) is 0 Å². The molecule has 3 N–H and O–H groups in total. The molecule has 0 radical (unpaired) electrons. The highest BCUT2D eigenvalue weighted by molar-refractivity contribution is 5.84. The standard InChI is InChI=1S/C3H5NO.C2H6O/c1-2-3(4)5;1-2-3/h2H,1H2,(H2,4,5);3H,2H2,1H3. The molecule has 0 atom stereocenters. The summed E-state index contributed by atoms with van der Waals surface area (Å²) in [5.41, 5.74) is 4.53. The Morgan fingerprint density at radius 2 is 2.12 bits per heavy atom. The number of hydrogen-bond donors (Lipinski definition) is 2. The van der Waals surface area contributed by atoms with Crippen LogP contribution in [0.25, 0.3) is 0 Å². The maximum atomic E-state index is 9.47. The van der Waals surface area contributed by atoms with Gasteiger partial charge in [-0.1, -0.05) is 6.58 Å². The van der Waals surface area contributed by atoms with E-state index in [0.29, 0.717) is 0 Å². The SMILES string of the molecule is C=CC(N)=O.CCO. The van der Waals surface area contributed by atoms with Gasteiger partial charge in [-0.3, -0.25) is 4.79 Å². The van der Waals surface area contributed by atoms with Crippen molar-refractivity contribution in [3.05, 3.63) is 12.7 Å². The van der Waals surface area contributed by atoms with Gasteiger partial charge in [0, 0.05) is 6.61 Å². The Labute approximate surface area is 48.8 Å². The van der Waals surface area contributed by atoms with Gasteiger partial charge in [0.2, 0.25) is 5.91 Å². The van der Waals surface area contributed by atoms with Gasteiger partial charge in [-0.25, -0.2) is 0 Å². The molecular weight excluding hydrogens is 106 g/mol. The average molecular weight is 117 g/mol. The minimum absolute atomic E-state index is 0.250. The summed E-state index contributed by atoms with van der Waals surface area (Å²) in [6.45, 7) is 5.02. The zero-order chi connectivity index (χ0) is 6.99. The molecule has 0 aromatic rings. The van der Waals surface area contributed by atoms with Crippen LogP contribution in [0, 0.1) is 0 Å². The Morgan fingerprint density at radius 1 is 2.00 bits per heavy atom. The number of amides is 1. The highest BCUT2D eigenvalue weighted by Gasteiger charge is 1.69. The molecule has 0 aliphatic carbocycles. The Balaban J connectivity index is 0. The largest absolute Gasteiger partial charge is 0.397 e. The first-order valence-electron chi connectivity index (χ1n) is 2.21. The van der Waals surface area contributed by atoms with Crippen molar-refractivity contribution in [2.24, 2.45) is 5.73 Å². The van der Waals surface area contributed by atoms with E-state index in [2.05, 4.69) is 12.3 Å². The molecule has 3 heteroatoms. The molecule has 8 heavy (non-hydrogen) atoms. The van der Waals surface area contributed by atoms with Crippen LogP contribution < -0.4 is 5.73 Å². The normalized spacial score (nSPS) is 6.25. The van der Waals surface area contributed by atoms with E-state index >= 15 is 0 Å². The molecular formula is C5H11NO2. The van der Waals surface area contributed by atoms with Crippen LogP contribution in [0.3, 0.4) is 0 Å². The van der Waals surface area contributed by atoms with Crippen LogP contribution in [0.5, 0.6) is 0 Å². The van der Waals surface area contributed by atoms with Crippen molar-refractivity contribution in [3.63, 3.8) is 0 Å². The molecule has 0 bridgehead atoms. The molecule has 0 unspecified atom stereocenters. The Bertz CT molecular complexity index is 70.8. The molecule has 0 heterocycles.